The summed E-state index contributed by atoms with van der Waals surface area (Å²) in [6.07, 6.45) is 1.65. The highest BCUT2D eigenvalue weighted by Crippen LogP contribution is 2.24. The number of hydrogen-bond acceptors (Lipinski definition) is 5. The first-order valence-corrected chi connectivity index (χ1v) is 7.78. The van der Waals surface area contributed by atoms with E-state index in [1.54, 1.807) is 17.5 Å². The van der Waals surface area contributed by atoms with Gasteiger partial charge >= 0.3 is 0 Å². The summed E-state index contributed by atoms with van der Waals surface area (Å²) in [5.41, 5.74) is 1.77. The average Bonchev–Trinajstić information content (AvgIpc) is 3.02. The molecule has 1 aliphatic rings. The highest BCUT2D eigenvalue weighted by atomic mass is 32.1. The molecule has 2 N–H and O–H groups in total. The molecule has 1 fully saturated rings. The number of carbonyl (C=O) groups excluding carboxylic acids is 1. The Labute approximate surface area is 127 Å². The molecule has 0 radical (unpaired) electrons. The fourth-order valence-corrected chi connectivity index (χ4v) is 2.98. The number of amides is 1. The van der Waals surface area contributed by atoms with Crippen LogP contribution < -0.4 is 10.6 Å². The quantitative estimate of drug-likeness (QED) is 0.912. The number of nitrogens with zero attached hydrogens (tertiary/aromatic N) is 1. The molecule has 2 atom stereocenters. The van der Waals surface area contributed by atoms with Gasteiger partial charge < -0.3 is 15.4 Å². The van der Waals surface area contributed by atoms with Crippen molar-refractivity contribution in [3.8, 4) is 10.6 Å². The highest BCUT2D eigenvalue weighted by molar-refractivity contribution is 7.13. The predicted molar refractivity (Wildman–Crippen MR) is 83.4 cm³/mol. The third kappa shape index (κ3) is 3.29. The average molecular weight is 303 g/mol. The van der Waals surface area contributed by atoms with E-state index in [-0.39, 0.29) is 18.1 Å². The summed E-state index contributed by atoms with van der Waals surface area (Å²) in [6, 6.07) is 7.40. The Balaban J connectivity index is 1.73. The van der Waals surface area contributed by atoms with E-state index >= 15 is 0 Å². The molecule has 6 heteroatoms. The summed E-state index contributed by atoms with van der Waals surface area (Å²) in [4.78, 5) is 16.6. The van der Waals surface area contributed by atoms with Crippen LogP contribution in [0.25, 0.3) is 10.6 Å². The first-order chi connectivity index (χ1) is 10.2. The Kier molecular flexibility index (Phi) is 4.28. The predicted octanol–water partition coefficient (Wildman–Crippen LogP) is 2.13. The third-order valence-electron chi connectivity index (χ3n) is 3.41. The summed E-state index contributed by atoms with van der Waals surface area (Å²) in [5, 5.41) is 9.00. The van der Waals surface area contributed by atoms with Crippen molar-refractivity contribution >= 4 is 22.9 Å². The molecule has 2 aromatic rings. The smallest absolute Gasteiger partial charge is 0.244 e. The van der Waals surface area contributed by atoms with Gasteiger partial charge in [0.05, 0.1) is 12.7 Å². The van der Waals surface area contributed by atoms with Crippen molar-refractivity contribution in [3.05, 3.63) is 35.8 Å². The summed E-state index contributed by atoms with van der Waals surface area (Å²) >= 11 is 1.58. The normalized spacial score (nSPS) is 22.0. The molecule has 0 spiro atoms. The van der Waals surface area contributed by atoms with Crippen molar-refractivity contribution in [1.82, 2.24) is 10.3 Å². The second-order valence-electron chi connectivity index (χ2n) is 4.92. The van der Waals surface area contributed by atoms with Gasteiger partial charge in [-0.05, 0) is 19.1 Å². The van der Waals surface area contributed by atoms with Crippen molar-refractivity contribution in [2.45, 2.75) is 19.1 Å². The zero-order valence-corrected chi connectivity index (χ0v) is 12.5. The molecule has 1 aromatic carbocycles. The van der Waals surface area contributed by atoms with Crippen LogP contribution in [0.4, 0.5) is 5.69 Å². The summed E-state index contributed by atoms with van der Waals surface area (Å²) in [5.74, 6) is -0.0708. The molecule has 0 aliphatic carbocycles. The number of thiazole rings is 1. The van der Waals surface area contributed by atoms with Crippen LogP contribution in [0, 0.1) is 0 Å². The molecular weight excluding hydrogens is 286 g/mol. The van der Waals surface area contributed by atoms with Crippen LogP contribution in [-0.2, 0) is 9.53 Å². The molecule has 21 heavy (non-hydrogen) atoms. The van der Waals surface area contributed by atoms with E-state index in [4.69, 9.17) is 4.74 Å². The largest absolute Gasteiger partial charge is 0.375 e. The Morgan fingerprint density at radius 3 is 3.19 bits per heavy atom. The lowest BCUT2D eigenvalue weighted by Gasteiger charge is -2.29. The van der Waals surface area contributed by atoms with E-state index in [1.165, 1.54) is 0 Å². The van der Waals surface area contributed by atoms with Crippen LogP contribution in [0.2, 0.25) is 0 Å². The number of rotatable bonds is 3. The minimum absolute atomic E-state index is 0.0708. The van der Waals surface area contributed by atoms with Crippen LogP contribution in [0.1, 0.15) is 6.92 Å². The van der Waals surface area contributed by atoms with E-state index in [1.807, 2.05) is 36.6 Å². The number of hydrogen-bond donors (Lipinski definition) is 2. The second-order valence-corrected chi connectivity index (χ2v) is 5.81. The molecule has 3 rings (SSSR count). The molecule has 110 valence electrons. The fraction of sp³-hybridized carbons (Fsp3) is 0.333. The van der Waals surface area contributed by atoms with Crippen LogP contribution >= 0.6 is 11.3 Å². The SMILES string of the molecule is C[C@H]1OCCN[C@@H]1C(=O)Nc1cccc(-c2nccs2)c1. The monoisotopic (exact) mass is 303 g/mol. The van der Waals surface area contributed by atoms with Crippen molar-refractivity contribution in [2.24, 2.45) is 0 Å². The molecule has 0 unspecified atom stereocenters. The van der Waals surface area contributed by atoms with Crippen LogP contribution in [0.5, 0.6) is 0 Å². The van der Waals surface area contributed by atoms with E-state index in [0.717, 1.165) is 16.3 Å². The number of nitrogens with one attached hydrogen (secondary N) is 2. The van der Waals surface area contributed by atoms with Gasteiger partial charge in [-0.15, -0.1) is 11.3 Å². The topological polar surface area (TPSA) is 63.2 Å². The van der Waals surface area contributed by atoms with Crippen LogP contribution in [0.15, 0.2) is 35.8 Å². The fourth-order valence-electron chi connectivity index (χ4n) is 2.34. The number of anilines is 1. The molecule has 0 bridgehead atoms. The lowest BCUT2D eigenvalue weighted by atomic mass is 10.1. The molecule has 1 aliphatic heterocycles. The second kappa shape index (κ2) is 6.34. The highest BCUT2D eigenvalue weighted by Gasteiger charge is 2.28. The Hall–Kier alpha value is -1.76. The Morgan fingerprint density at radius 2 is 2.43 bits per heavy atom. The molecule has 0 saturated carbocycles. The Bertz CT molecular complexity index is 615. The third-order valence-corrected chi connectivity index (χ3v) is 4.23. The molecule has 5 nitrogen and oxygen atoms in total. The maximum absolute atomic E-state index is 12.3. The van der Waals surface area contributed by atoms with Crippen molar-refractivity contribution in [3.63, 3.8) is 0 Å². The first-order valence-electron chi connectivity index (χ1n) is 6.90. The number of benzene rings is 1. The van der Waals surface area contributed by atoms with Gasteiger partial charge in [-0.25, -0.2) is 4.98 Å². The van der Waals surface area contributed by atoms with Gasteiger partial charge in [0.1, 0.15) is 11.0 Å². The molecule has 2 heterocycles. The summed E-state index contributed by atoms with van der Waals surface area (Å²) in [6.45, 7) is 3.24. The van der Waals surface area contributed by atoms with Gasteiger partial charge in [-0.2, -0.15) is 0 Å². The molecule has 1 saturated heterocycles. The number of carbonyl (C=O) groups is 1. The summed E-state index contributed by atoms with van der Waals surface area (Å²) in [7, 11) is 0. The lowest BCUT2D eigenvalue weighted by molar-refractivity contribution is -0.123. The van der Waals surface area contributed by atoms with E-state index in [0.29, 0.717) is 13.2 Å². The standard InChI is InChI=1S/C15H17N3O2S/c1-10-13(16-5-7-20-10)14(19)18-12-4-2-3-11(9-12)15-17-6-8-21-15/h2-4,6,8-10,13,16H,5,7H2,1H3,(H,18,19)/t10-,13+/m1/s1. The van der Waals surface area contributed by atoms with Gasteiger partial charge in [0.15, 0.2) is 0 Å². The van der Waals surface area contributed by atoms with Gasteiger partial charge in [0.25, 0.3) is 0 Å². The van der Waals surface area contributed by atoms with Crippen molar-refractivity contribution < 1.29 is 9.53 Å². The van der Waals surface area contributed by atoms with Gasteiger partial charge in [0, 0.05) is 29.4 Å². The van der Waals surface area contributed by atoms with Gasteiger partial charge in [-0.3, -0.25) is 4.79 Å². The van der Waals surface area contributed by atoms with Gasteiger partial charge in [-0.1, -0.05) is 12.1 Å². The lowest BCUT2D eigenvalue weighted by Crippen LogP contribution is -2.53. The van der Waals surface area contributed by atoms with Gasteiger partial charge in [0.2, 0.25) is 5.91 Å². The minimum atomic E-state index is -0.317. The van der Waals surface area contributed by atoms with E-state index in [2.05, 4.69) is 15.6 Å². The maximum atomic E-state index is 12.3. The number of aromatic nitrogens is 1. The van der Waals surface area contributed by atoms with Crippen LogP contribution in [-0.4, -0.2) is 36.2 Å². The molecule has 1 aromatic heterocycles. The summed E-state index contributed by atoms with van der Waals surface area (Å²) < 4.78 is 5.50. The number of morpholine rings is 1. The van der Waals surface area contributed by atoms with Crippen molar-refractivity contribution in [1.29, 1.82) is 0 Å². The minimum Gasteiger partial charge on any atom is -0.375 e. The number of ether oxygens (including phenoxy) is 1. The van der Waals surface area contributed by atoms with Crippen molar-refractivity contribution in [2.75, 3.05) is 18.5 Å². The maximum Gasteiger partial charge on any atom is 0.244 e. The first kappa shape index (κ1) is 14.2. The zero-order chi connectivity index (χ0) is 14.7. The molecule has 1 amide bonds. The zero-order valence-electron chi connectivity index (χ0n) is 11.7. The Morgan fingerprint density at radius 1 is 1.52 bits per heavy atom. The van der Waals surface area contributed by atoms with E-state index < -0.39 is 0 Å². The van der Waals surface area contributed by atoms with E-state index in [9.17, 15) is 4.79 Å². The van der Waals surface area contributed by atoms with Crippen LogP contribution in [0.3, 0.4) is 0 Å². The molecular formula is C15H17N3O2S.